The first kappa shape index (κ1) is 13.9. The highest BCUT2D eigenvalue weighted by Crippen LogP contribution is 1.93. The molecule has 0 bridgehead atoms. The van der Waals surface area contributed by atoms with Crippen LogP contribution in [-0.4, -0.2) is 65.1 Å². The third-order valence-corrected chi connectivity index (χ3v) is 2.15. The van der Waals surface area contributed by atoms with Gasteiger partial charge in [0.05, 0.1) is 26.4 Å². The molecule has 0 aromatic heterocycles. The lowest BCUT2D eigenvalue weighted by molar-refractivity contribution is -0.0350. The van der Waals surface area contributed by atoms with E-state index in [1.54, 1.807) is 0 Å². The van der Waals surface area contributed by atoms with Gasteiger partial charge in [-0.15, -0.1) is 0 Å². The lowest BCUT2D eigenvalue weighted by Crippen LogP contribution is -2.25. The van der Waals surface area contributed by atoms with E-state index in [9.17, 15) is 0 Å². The molecular weight excluding hydrogens is 210 g/mol. The minimum Gasteiger partial charge on any atom is -0.379 e. The molecule has 0 saturated carbocycles. The van der Waals surface area contributed by atoms with Crippen LogP contribution in [-0.2, 0) is 18.9 Å². The Labute approximate surface area is 97.6 Å². The van der Waals surface area contributed by atoms with Gasteiger partial charge in [0, 0.05) is 13.2 Å². The van der Waals surface area contributed by atoms with E-state index in [-0.39, 0.29) is 0 Å². The molecule has 0 amide bonds. The Morgan fingerprint density at radius 3 is 1.56 bits per heavy atom. The minimum atomic E-state index is 0.608. The van der Waals surface area contributed by atoms with E-state index in [1.807, 2.05) is 11.9 Å². The summed E-state index contributed by atoms with van der Waals surface area (Å²) >= 11 is 0. The van der Waals surface area contributed by atoms with E-state index in [0.717, 1.165) is 39.3 Å². The average Bonchev–Trinajstić information content (AvgIpc) is 2.29. The molecule has 1 heterocycles. The predicted molar refractivity (Wildman–Crippen MR) is 60.3 cm³/mol. The lowest BCUT2D eigenvalue weighted by Gasteiger charge is -2.16. The van der Waals surface area contributed by atoms with Crippen molar-refractivity contribution in [3.63, 3.8) is 0 Å². The summed E-state index contributed by atoms with van der Waals surface area (Å²) in [6, 6.07) is 0. The van der Waals surface area contributed by atoms with Crippen LogP contribution < -0.4 is 0 Å². The highest BCUT2D eigenvalue weighted by Gasteiger charge is 1.99. The first-order chi connectivity index (χ1) is 7.89. The van der Waals surface area contributed by atoms with Gasteiger partial charge >= 0.3 is 0 Å². The molecule has 0 spiro atoms. The maximum atomic E-state index is 5.46. The van der Waals surface area contributed by atoms with Crippen molar-refractivity contribution in [2.24, 2.45) is 0 Å². The first-order valence-electron chi connectivity index (χ1n) is 5.89. The zero-order chi connectivity index (χ0) is 11.5. The van der Waals surface area contributed by atoms with Gasteiger partial charge in [0.1, 0.15) is 13.5 Å². The molecule has 1 rings (SSSR count). The number of hydrogen-bond donors (Lipinski definition) is 0. The van der Waals surface area contributed by atoms with Crippen LogP contribution in [0.1, 0.15) is 12.8 Å². The number of nitrogens with zero attached hydrogens (tertiary/aromatic N) is 1. The van der Waals surface area contributed by atoms with Crippen LogP contribution in [0.5, 0.6) is 0 Å². The summed E-state index contributed by atoms with van der Waals surface area (Å²) in [7, 11) is 1.98. The van der Waals surface area contributed by atoms with Crippen molar-refractivity contribution in [3.05, 3.63) is 0 Å². The zero-order valence-corrected chi connectivity index (χ0v) is 10.2. The highest BCUT2D eigenvalue weighted by atomic mass is 16.5. The first-order valence-corrected chi connectivity index (χ1v) is 5.89. The van der Waals surface area contributed by atoms with E-state index < -0.39 is 0 Å². The fraction of sp³-hybridized carbons (Fsp3) is 1.00. The molecule has 0 N–H and O–H groups in total. The third kappa shape index (κ3) is 8.01. The van der Waals surface area contributed by atoms with Gasteiger partial charge in [-0.2, -0.15) is 0 Å². The maximum Gasteiger partial charge on any atom is 0.100 e. The van der Waals surface area contributed by atoms with Crippen LogP contribution >= 0.6 is 0 Å². The van der Waals surface area contributed by atoms with Gasteiger partial charge in [-0.05, 0) is 19.9 Å². The summed E-state index contributed by atoms with van der Waals surface area (Å²) in [6.07, 6.45) is 1.85. The summed E-state index contributed by atoms with van der Waals surface area (Å²) in [5, 5.41) is 0. The molecule has 0 aliphatic carbocycles. The second-order valence-corrected chi connectivity index (χ2v) is 3.86. The van der Waals surface area contributed by atoms with E-state index >= 15 is 0 Å². The van der Waals surface area contributed by atoms with Crippen LogP contribution in [0.25, 0.3) is 0 Å². The molecule has 5 heteroatoms. The molecule has 0 aromatic carbocycles. The normalized spacial score (nSPS) is 24.6. The molecule has 0 atom stereocenters. The van der Waals surface area contributed by atoms with E-state index in [0.29, 0.717) is 26.7 Å². The van der Waals surface area contributed by atoms with Crippen molar-refractivity contribution in [2.45, 2.75) is 12.8 Å². The second kappa shape index (κ2) is 9.99. The Morgan fingerprint density at radius 2 is 1.06 bits per heavy atom. The van der Waals surface area contributed by atoms with Crippen LogP contribution in [0.4, 0.5) is 0 Å². The number of rotatable bonds is 0. The molecule has 0 aromatic rings. The Hall–Kier alpha value is -0.200. The van der Waals surface area contributed by atoms with E-state index in [1.165, 1.54) is 0 Å². The zero-order valence-electron chi connectivity index (χ0n) is 10.2. The Morgan fingerprint density at radius 1 is 0.625 bits per heavy atom. The summed E-state index contributed by atoms with van der Waals surface area (Å²) < 4.78 is 21.7. The van der Waals surface area contributed by atoms with Gasteiger partial charge in [0.25, 0.3) is 0 Å². The third-order valence-electron chi connectivity index (χ3n) is 2.15. The largest absolute Gasteiger partial charge is 0.379 e. The molecule has 5 nitrogen and oxygen atoms in total. The fourth-order valence-electron chi connectivity index (χ4n) is 1.33. The molecule has 1 aliphatic heterocycles. The average molecular weight is 233 g/mol. The van der Waals surface area contributed by atoms with E-state index in [2.05, 4.69) is 0 Å². The Bertz CT molecular complexity index is 141. The van der Waals surface area contributed by atoms with Gasteiger partial charge in [-0.25, -0.2) is 0 Å². The van der Waals surface area contributed by atoms with Crippen molar-refractivity contribution in [1.29, 1.82) is 0 Å². The topological polar surface area (TPSA) is 40.2 Å². The van der Waals surface area contributed by atoms with Crippen LogP contribution in [0.2, 0.25) is 0 Å². The van der Waals surface area contributed by atoms with Crippen LogP contribution in [0, 0.1) is 0 Å². The van der Waals surface area contributed by atoms with Crippen LogP contribution in [0.15, 0.2) is 0 Å². The fourth-order valence-corrected chi connectivity index (χ4v) is 1.33. The molecule has 16 heavy (non-hydrogen) atoms. The second-order valence-electron chi connectivity index (χ2n) is 3.86. The van der Waals surface area contributed by atoms with Crippen LogP contribution in [0.3, 0.4) is 0 Å². The lowest BCUT2D eigenvalue weighted by atomic mass is 10.5. The number of ether oxygens (including phenoxy) is 4. The molecule has 96 valence electrons. The molecule has 1 aliphatic rings. The highest BCUT2D eigenvalue weighted by molar-refractivity contribution is 4.41. The Kier molecular flexibility index (Phi) is 8.65. The summed E-state index contributed by atoms with van der Waals surface area (Å²) in [5.74, 6) is 0. The molecule has 1 fully saturated rings. The molecular formula is C11H23NO4. The van der Waals surface area contributed by atoms with Gasteiger partial charge in [0.15, 0.2) is 0 Å². The molecule has 1 saturated heterocycles. The van der Waals surface area contributed by atoms with Gasteiger partial charge in [-0.1, -0.05) is 0 Å². The van der Waals surface area contributed by atoms with Gasteiger partial charge in [-0.3, -0.25) is 4.90 Å². The number of hydrogen-bond acceptors (Lipinski definition) is 5. The SMILES string of the molecule is CN1COCCCOCCOCCCOC1. The van der Waals surface area contributed by atoms with Gasteiger partial charge < -0.3 is 18.9 Å². The smallest absolute Gasteiger partial charge is 0.100 e. The standard InChI is InChI=1S/C11H23NO4/c1-12-10-15-6-2-4-13-8-9-14-5-3-7-16-11-12/h2-11H2,1H3. The van der Waals surface area contributed by atoms with E-state index in [4.69, 9.17) is 18.9 Å². The van der Waals surface area contributed by atoms with Gasteiger partial charge in [0.2, 0.25) is 0 Å². The minimum absolute atomic E-state index is 0.608. The summed E-state index contributed by atoms with van der Waals surface area (Å²) in [5.41, 5.74) is 0. The maximum absolute atomic E-state index is 5.46. The summed E-state index contributed by atoms with van der Waals surface area (Å²) in [4.78, 5) is 2.00. The van der Waals surface area contributed by atoms with Crippen molar-refractivity contribution < 1.29 is 18.9 Å². The van der Waals surface area contributed by atoms with Crippen molar-refractivity contribution in [2.75, 3.05) is 60.2 Å². The molecule has 0 unspecified atom stereocenters. The van der Waals surface area contributed by atoms with Crippen molar-refractivity contribution in [1.82, 2.24) is 4.90 Å². The predicted octanol–water partition coefficient (Wildman–Crippen LogP) is 0.693. The molecule has 0 radical (unpaired) electrons. The summed E-state index contributed by atoms with van der Waals surface area (Å²) in [6.45, 7) is 5.48. The van der Waals surface area contributed by atoms with Crippen molar-refractivity contribution in [3.8, 4) is 0 Å². The monoisotopic (exact) mass is 233 g/mol. The quantitative estimate of drug-likeness (QED) is 0.616. The Balaban J connectivity index is 2.10. The van der Waals surface area contributed by atoms with Crippen molar-refractivity contribution >= 4 is 0 Å².